The number of benzene rings is 2. The minimum absolute atomic E-state index is 0.185. The average Bonchev–Trinajstić information content (AvgIpc) is 2.84. The lowest BCUT2D eigenvalue weighted by Crippen LogP contribution is -2.52. The molecule has 0 aromatic heterocycles. The molecular formula is C28H32N4O5. The molecule has 0 fully saturated rings. The highest BCUT2D eigenvalue weighted by molar-refractivity contribution is 5.95. The second-order valence-corrected chi connectivity index (χ2v) is 9.19. The lowest BCUT2D eigenvalue weighted by Gasteiger charge is -2.30. The lowest BCUT2D eigenvalue weighted by molar-refractivity contribution is -0.139. The molecule has 2 unspecified atom stereocenters. The van der Waals surface area contributed by atoms with E-state index in [0.29, 0.717) is 11.1 Å². The van der Waals surface area contributed by atoms with Gasteiger partial charge in [-0.2, -0.15) is 0 Å². The van der Waals surface area contributed by atoms with Crippen LogP contribution in [-0.2, 0) is 25.7 Å². The summed E-state index contributed by atoms with van der Waals surface area (Å²) in [6, 6.07) is 15.5. The zero-order valence-electron chi connectivity index (χ0n) is 21.2. The molecule has 2 aromatic carbocycles. The van der Waals surface area contributed by atoms with Crippen LogP contribution in [0, 0.1) is 12.5 Å². The molecule has 0 heterocycles. The molecule has 0 aliphatic heterocycles. The van der Waals surface area contributed by atoms with E-state index in [4.69, 9.17) is 16.9 Å². The van der Waals surface area contributed by atoms with Gasteiger partial charge >= 0.3 is 6.09 Å². The van der Waals surface area contributed by atoms with E-state index in [2.05, 4.69) is 23.3 Å². The number of nitrogens with two attached hydrogens (primary N) is 1. The van der Waals surface area contributed by atoms with Crippen molar-refractivity contribution in [3.05, 3.63) is 77.9 Å². The normalized spacial score (nSPS) is 12.3. The van der Waals surface area contributed by atoms with E-state index in [-0.39, 0.29) is 6.54 Å². The highest BCUT2D eigenvalue weighted by Crippen LogP contribution is 2.24. The number of carbonyl (C=O) groups is 4. The summed E-state index contributed by atoms with van der Waals surface area (Å²) >= 11 is 0. The number of hydrogen-bond acceptors (Lipinski definition) is 5. The van der Waals surface area contributed by atoms with Crippen LogP contribution in [0.3, 0.4) is 0 Å². The van der Waals surface area contributed by atoms with Gasteiger partial charge in [0.15, 0.2) is 0 Å². The van der Waals surface area contributed by atoms with Crippen molar-refractivity contribution < 1.29 is 23.9 Å². The molecular weight excluding hydrogens is 472 g/mol. The Bertz CT molecular complexity index is 1180. The molecule has 2 aromatic rings. The quantitative estimate of drug-likeness (QED) is 0.338. The molecule has 0 saturated heterocycles. The number of rotatable bonds is 10. The summed E-state index contributed by atoms with van der Waals surface area (Å²) in [7, 11) is 0. The first-order valence-corrected chi connectivity index (χ1v) is 11.6. The number of alkyl carbamates (subject to hydrolysis) is 1. The monoisotopic (exact) mass is 504 g/mol. The Morgan fingerprint density at radius 2 is 1.81 bits per heavy atom. The molecule has 2 atom stereocenters. The number of terminal acetylenes is 1. The van der Waals surface area contributed by atoms with Gasteiger partial charge in [0.25, 0.3) is 5.91 Å². The van der Waals surface area contributed by atoms with Crippen molar-refractivity contribution in [1.82, 2.24) is 15.5 Å². The molecule has 37 heavy (non-hydrogen) atoms. The van der Waals surface area contributed by atoms with E-state index in [0.717, 1.165) is 10.5 Å². The summed E-state index contributed by atoms with van der Waals surface area (Å²) in [6.45, 7) is 8.86. The molecule has 0 bridgehead atoms. The molecule has 0 spiro atoms. The van der Waals surface area contributed by atoms with Crippen LogP contribution in [0.5, 0.6) is 0 Å². The van der Waals surface area contributed by atoms with E-state index in [1.54, 1.807) is 51.1 Å². The second-order valence-electron chi connectivity index (χ2n) is 9.19. The number of hydrogen-bond donors (Lipinski definition) is 3. The molecule has 9 heteroatoms. The van der Waals surface area contributed by atoms with E-state index in [1.165, 1.54) is 0 Å². The first kappa shape index (κ1) is 28.7. The van der Waals surface area contributed by atoms with Crippen LogP contribution in [0.2, 0.25) is 0 Å². The van der Waals surface area contributed by atoms with Gasteiger partial charge < -0.3 is 21.1 Å². The Balaban J connectivity index is 2.43. The van der Waals surface area contributed by atoms with Gasteiger partial charge in [-0.1, -0.05) is 67.6 Å². The third kappa shape index (κ3) is 8.85. The van der Waals surface area contributed by atoms with Crippen molar-refractivity contribution >= 4 is 29.9 Å². The van der Waals surface area contributed by atoms with Crippen LogP contribution in [-0.4, -0.2) is 40.4 Å². The number of ether oxygens (including phenoxy) is 1. The summed E-state index contributed by atoms with van der Waals surface area (Å²) in [5.41, 5.74) is 6.41. The van der Waals surface area contributed by atoms with Gasteiger partial charge in [0.2, 0.25) is 11.8 Å². The summed E-state index contributed by atoms with van der Waals surface area (Å²) in [5, 5.41) is 5.15. The average molecular weight is 505 g/mol. The third-order valence-corrected chi connectivity index (χ3v) is 5.05. The zero-order chi connectivity index (χ0) is 27.6. The van der Waals surface area contributed by atoms with Gasteiger partial charge in [0.1, 0.15) is 17.7 Å². The maximum Gasteiger partial charge on any atom is 0.408 e. The van der Waals surface area contributed by atoms with Crippen molar-refractivity contribution in [2.45, 2.75) is 51.4 Å². The van der Waals surface area contributed by atoms with Gasteiger partial charge in [-0.05, 0) is 43.5 Å². The smallest absolute Gasteiger partial charge is 0.408 e. The molecule has 0 saturated carbocycles. The van der Waals surface area contributed by atoms with E-state index >= 15 is 0 Å². The fraction of sp³-hybridized carbons (Fsp3) is 0.286. The van der Waals surface area contributed by atoms with E-state index in [1.807, 2.05) is 30.3 Å². The van der Waals surface area contributed by atoms with Crippen LogP contribution in [0.4, 0.5) is 4.79 Å². The fourth-order valence-electron chi connectivity index (χ4n) is 3.44. The van der Waals surface area contributed by atoms with Gasteiger partial charge in [0, 0.05) is 12.6 Å². The minimum atomic E-state index is -1.46. The summed E-state index contributed by atoms with van der Waals surface area (Å²) in [4.78, 5) is 52.0. The molecule has 0 aliphatic rings. The number of amides is 4. The predicted molar refractivity (Wildman–Crippen MR) is 140 cm³/mol. The highest BCUT2D eigenvalue weighted by atomic mass is 16.6. The summed E-state index contributed by atoms with van der Waals surface area (Å²) < 4.78 is 5.21. The maximum absolute atomic E-state index is 13.6. The van der Waals surface area contributed by atoms with Crippen molar-refractivity contribution in [3.8, 4) is 12.5 Å². The number of primary amides is 1. The Morgan fingerprint density at radius 1 is 1.14 bits per heavy atom. The fourth-order valence-corrected chi connectivity index (χ4v) is 3.44. The van der Waals surface area contributed by atoms with Crippen LogP contribution in [0.1, 0.15) is 49.9 Å². The number of nitrogens with one attached hydrogen (secondary N) is 2. The van der Waals surface area contributed by atoms with Crippen molar-refractivity contribution in [3.63, 3.8) is 0 Å². The maximum atomic E-state index is 13.6. The summed E-state index contributed by atoms with van der Waals surface area (Å²) in [6.07, 6.45) is 5.82. The zero-order valence-corrected chi connectivity index (χ0v) is 21.2. The van der Waals surface area contributed by atoms with Crippen LogP contribution in [0.15, 0.2) is 61.2 Å². The van der Waals surface area contributed by atoms with Gasteiger partial charge in [-0.3, -0.25) is 19.3 Å². The first-order valence-electron chi connectivity index (χ1n) is 11.6. The Labute approximate surface area is 217 Å². The topological polar surface area (TPSA) is 131 Å². The molecule has 2 rings (SSSR count). The van der Waals surface area contributed by atoms with Gasteiger partial charge in [-0.25, -0.2) is 4.79 Å². The SMILES string of the molecule is C#CN(C(=O)C(CC(N)=O)NC(=O)OC(C)(C)C)C(C(=O)NCc1ccccc1)c1cccc(C=C)c1. The lowest BCUT2D eigenvalue weighted by atomic mass is 10.0. The van der Waals surface area contributed by atoms with Crippen LogP contribution >= 0.6 is 0 Å². The van der Waals surface area contributed by atoms with Crippen molar-refractivity contribution in [2.75, 3.05) is 0 Å². The molecule has 4 N–H and O–H groups in total. The van der Waals surface area contributed by atoms with Crippen molar-refractivity contribution in [2.24, 2.45) is 5.73 Å². The van der Waals surface area contributed by atoms with Crippen molar-refractivity contribution in [1.29, 1.82) is 0 Å². The Hall–Kier alpha value is -4.58. The molecule has 194 valence electrons. The van der Waals surface area contributed by atoms with Gasteiger partial charge in [-0.15, -0.1) is 0 Å². The minimum Gasteiger partial charge on any atom is -0.444 e. The number of carbonyl (C=O) groups excluding carboxylic acids is 4. The Kier molecular flexibility index (Phi) is 10.0. The second kappa shape index (κ2) is 12.9. The molecule has 9 nitrogen and oxygen atoms in total. The number of nitrogens with zero attached hydrogens (tertiary/aromatic N) is 1. The largest absolute Gasteiger partial charge is 0.444 e. The Morgan fingerprint density at radius 3 is 2.38 bits per heavy atom. The van der Waals surface area contributed by atoms with Crippen LogP contribution in [0.25, 0.3) is 6.08 Å². The summed E-state index contributed by atoms with van der Waals surface area (Å²) in [5.74, 6) is -2.30. The highest BCUT2D eigenvalue weighted by Gasteiger charge is 2.36. The molecule has 0 radical (unpaired) electrons. The van der Waals surface area contributed by atoms with E-state index in [9.17, 15) is 19.2 Å². The van der Waals surface area contributed by atoms with E-state index < -0.39 is 47.9 Å². The predicted octanol–water partition coefficient (Wildman–Crippen LogP) is 2.88. The first-order chi connectivity index (χ1) is 17.4. The third-order valence-electron chi connectivity index (χ3n) is 5.05. The van der Waals surface area contributed by atoms with Crippen LogP contribution < -0.4 is 16.4 Å². The standard InChI is InChI=1S/C28H32N4O5/c1-6-19-14-11-15-21(16-19)24(25(34)30-18-20-12-9-8-10-13-20)32(7-2)26(35)22(17-23(29)33)31-27(36)37-28(3,4)5/h2,6,8-16,22,24H,1,17-18H2,3-5H3,(H2,29,33)(H,30,34)(H,31,36). The van der Waals surface area contributed by atoms with Gasteiger partial charge in [0.05, 0.1) is 6.42 Å². The molecule has 4 amide bonds. The molecule has 0 aliphatic carbocycles.